The third-order valence-electron chi connectivity index (χ3n) is 3.90. The van der Waals surface area contributed by atoms with Crippen molar-refractivity contribution in [1.29, 1.82) is 0 Å². The minimum Gasteiger partial charge on any atom is -0.457 e. The van der Waals surface area contributed by atoms with Gasteiger partial charge in [-0.15, -0.1) is 0 Å². The monoisotopic (exact) mass is 454 g/mol. The number of rotatable bonds is 6. The molecule has 0 atom stereocenters. The molecule has 0 spiro atoms. The molecule has 4 N–H and O–H groups in total. The fraction of sp³-hybridized carbons (Fsp3) is 0.200. The van der Waals surface area contributed by atoms with Gasteiger partial charge in [-0.3, -0.25) is 14.2 Å². The van der Waals surface area contributed by atoms with Gasteiger partial charge in [-0.25, -0.2) is 4.39 Å². The highest BCUT2D eigenvalue weighted by Crippen LogP contribution is 2.34. The summed E-state index contributed by atoms with van der Waals surface area (Å²) in [5.74, 6) is -1.03. The molecule has 6 nitrogen and oxygen atoms in total. The van der Waals surface area contributed by atoms with E-state index < -0.39 is 17.6 Å². The molecule has 2 aromatic carbocycles. The molecule has 3 aromatic rings. The predicted molar refractivity (Wildman–Crippen MR) is 112 cm³/mol. The smallest absolute Gasteiger partial charge is 0.416 e. The van der Waals surface area contributed by atoms with Gasteiger partial charge in [0.15, 0.2) is 0 Å². The SMILES string of the molecule is CC(C)N=C(N)c1c(Nc2ccc(Oc3cc(F)cc(C(F)(F)F)c3)cc2)s[nH]c1=O. The van der Waals surface area contributed by atoms with Crippen molar-refractivity contribution in [3.8, 4) is 11.5 Å². The van der Waals surface area contributed by atoms with Crippen LogP contribution in [0.3, 0.4) is 0 Å². The molecule has 0 fully saturated rings. The van der Waals surface area contributed by atoms with Crippen molar-refractivity contribution in [1.82, 2.24) is 4.37 Å². The lowest BCUT2D eigenvalue weighted by molar-refractivity contribution is -0.137. The Morgan fingerprint density at radius 3 is 2.45 bits per heavy atom. The lowest BCUT2D eigenvalue weighted by atomic mass is 10.2. The Kier molecular flexibility index (Phi) is 6.34. The molecule has 0 aliphatic heterocycles. The first kappa shape index (κ1) is 22.3. The summed E-state index contributed by atoms with van der Waals surface area (Å²) >= 11 is 1.05. The Bertz CT molecular complexity index is 1150. The second-order valence-corrected chi connectivity index (χ2v) is 7.59. The van der Waals surface area contributed by atoms with Gasteiger partial charge in [-0.05, 0) is 61.8 Å². The van der Waals surface area contributed by atoms with E-state index in [-0.39, 0.29) is 34.5 Å². The lowest BCUT2D eigenvalue weighted by Crippen LogP contribution is -2.23. The lowest BCUT2D eigenvalue weighted by Gasteiger charge is -2.11. The molecule has 1 aromatic heterocycles. The average molecular weight is 454 g/mol. The van der Waals surface area contributed by atoms with E-state index in [1.807, 2.05) is 13.8 Å². The molecule has 0 aliphatic rings. The van der Waals surface area contributed by atoms with Gasteiger partial charge in [0.2, 0.25) is 0 Å². The predicted octanol–water partition coefficient (Wildman–Crippen LogP) is 5.24. The summed E-state index contributed by atoms with van der Waals surface area (Å²) in [7, 11) is 0. The molecule has 0 unspecified atom stereocenters. The highest BCUT2D eigenvalue weighted by molar-refractivity contribution is 7.10. The maximum Gasteiger partial charge on any atom is 0.416 e. The second kappa shape index (κ2) is 8.80. The van der Waals surface area contributed by atoms with E-state index in [0.29, 0.717) is 16.8 Å². The second-order valence-electron chi connectivity index (χ2n) is 6.77. The van der Waals surface area contributed by atoms with E-state index in [0.717, 1.165) is 23.7 Å². The zero-order chi connectivity index (χ0) is 22.8. The highest BCUT2D eigenvalue weighted by Gasteiger charge is 2.31. The Morgan fingerprint density at radius 2 is 1.84 bits per heavy atom. The number of ether oxygens (including phenoxy) is 1. The van der Waals surface area contributed by atoms with Gasteiger partial charge in [-0.1, -0.05) is 0 Å². The topological polar surface area (TPSA) is 92.5 Å². The minimum absolute atomic E-state index is 0.0933. The van der Waals surface area contributed by atoms with E-state index in [2.05, 4.69) is 14.7 Å². The maximum atomic E-state index is 13.5. The summed E-state index contributed by atoms with van der Waals surface area (Å²) < 4.78 is 60.0. The summed E-state index contributed by atoms with van der Waals surface area (Å²) in [4.78, 5) is 16.2. The number of nitrogens with zero attached hydrogens (tertiary/aromatic N) is 1. The standard InChI is InChI=1S/C20H18F4N4O2S/c1-10(2)26-17(25)16-18(29)28-31-19(16)27-13-3-5-14(6-4-13)30-15-8-11(20(22,23)24)7-12(21)9-15/h3-10,27H,1-2H3,(H2,25,26)(H,28,29). The zero-order valence-corrected chi connectivity index (χ0v) is 17.2. The molecule has 0 bridgehead atoms. The zero-order valence-electron chi connectivity index (χ0n) is 16.4. The number of hydrogen-bond donors (Lipinski definition) is 3. The van der Waals surface area contributed by atoms with Crippen LogP contribution in [-0.2, 0) is 6.18 Å². The number of benzene rings is 2. The molecule has 11 heteroatoms. The largest absolute Gasteiger partial charge is 0.457 e. The average Bonchev–Trinajstić information content (AvgIpc) is 3.02. The van der Waals surface area contributed by atoms with E-state index in [4.69, 9.17) is 10.5 Å². The number of alkyl halides is 3. The fourth-order valence-electron chi connectivity index (χ4n) is 2.62. The van der Waals surface area contributed by atoms with Gasteiger partial charge in [0, 0.05) is 17.8 Å². The summed E-state index contributed by atoms with van der Waals surface area (Å²) in [6.07, 6.45) is -4.69. The number of anilines is 2. The normalized spacial score (nSPS) is 12.3. The number of hydrogen-bond acceptors (Lipinski definition) is 5. The summed E-state index contributed by atoms with van der Waals surface area (Å²) in [6.45, 7) is 3.66. The molecule has 31 heavy (non-hydrogen) atoms. The van der Waals surface area contributed by atoms with Gasteiger partial charge in [-0.2, -0.15) is 13.2 Å². The summed E-state index contributed by atoms with van der Waals surface area (Å²) in [5.41, 5.74) is 5.20. The summed E-state index contributed by atoms with van der Waals surface area (Å²) in [6, 6.07) is 8.03. The third-order valence-corrected chi connectivity index (χ3v) is 4.70. The molecule has 1 heterocycles. The van der Waals surface area contributed by atoms with Crippen molar-refractivity contribution < 1.29 is 22.3 Å². The first-order chi connectivity index (χ1) is 14.5. The van der Waals surface area contributed by atoms with Gasteiger partial charge in [0.25, 0.3) is 5.56 Å². The Hall–Kier alpha value is -3.34. The van der Waals surface area contributed by atoms with Crippen molar-refractivity contribution in [2.24, 2.45) is 10.7 Å². The third kappa shape index (κ3) is 5.63. The first-order valence-corrected chi connectivity index (χ1v) is 9.82. The fourth-order valence-corrected chi connectivity index (χ4v) is 3.39. The van der Waals surface area contributed by atoms with Crippen LogP contribution in [0.25, 0.3) is 0 Å². The van der Waals surface area contributed by atoms with Gasteiger partial charge >= 0.3 is 6.18 Å². The van der Waals surface area contributed by atoms with Crippen LogP contribution in [0, 0.1) is 5.82 Å². The van der Waals surface area contributed by atoms with Crippen LogP contribution in [0.5, 0.6) is 11.5 Å². The quantitative estimate of drug-likeness (QED) is 0.270. The molecule has 0 saturated carbocycles. The van der Waals surface area contributed by atoms with Crippen LogP contribution in [0.15, 0.2) is 52.3 Å². The maximum absolute atomic E-state index is 13.5. The van der Waals surface area contributed by atoms with E-state index >= 15 is 0 Å². The van der Waals surface area contributed by atoms with E-state index in [9.17, 15) is 22.4 Å². The number of H-pyrrole nitrogens is 1. The Morgan fingerprint density at radius 1 is 1.16 bits per heavy atom. The minimum atomic E-state index is -4.69. The molecule has 0 amide bonds. The molecular formula is C20H18F4N4O2S. The molecule has 0 radical (unpaired) electrons. The van der Waals surface area contributed by atoms with Crippen molar-refractivity contribution in [3.05, 3.63) is 69.8 Å². The van der Waals surface area contributed by atoms with Crippen molar-refractivity contribution in [2.75, 3.05) is 5.32 Å². The number of nitrogens with one attached hydrogen (secondary N) is 2. The van der Waals surface area contributed by atoms with Crippen LogP contribution in [0.4, 0.5) is 28.3 Å². The molecular weight excluding hydrogens is 436 g/mol. The molecule has 0 aliphatic carbocycles. The van der Waals surface area contributed by atoms with Gasteiger partial charge in [0.1, 0.15) is 33.7 Å². The molecule has 0 saturated heterocycles. The first-order valence-electron chi connectivity index (χ1n) is 9.01. The molecule has 164 valence electrons. The number of aromatic nitrogens is 1. The van der Waals surface area contributed by atoms with Gasteiger partial charge < -0.3 is 15.8 Å². The van der Waals surface area contributed by atoms with E-state index in [1.165, 1.54) is 12.1 Å². The number of amidine groups is 1. The van der Waals surface area contributed by atoms with Crippen LogP contribution in [0.2, 0.25) is 0 Å². The van der Waals surface area contributed by atoms with Gasteiger partial charge in [0.05, 0.1) is 5.56 Å². The van der Waals surface area contributed by atoms with Crippen molar-refractivity contribution in [2.45, 2.75) is 26.1 Å². The Balaban J connectivity index is 1.79. The number of aromatic amines is 1. The number of nitrogens with two attached hydrogens (primary N) is 1. The van der Waals surface area contributed by atoms with Crippen LogP contribution < -0.4 is 21.3 Å². The van der Waals surface area contributed by atoms with Crippen molar-refractivity contribution >= 4 is 28.1 Å². The summed E-state index contributed by atoms with van der Waals surface area (Å²) in [5, 5.41) is 3.50. The van der Waals surface area contributed by atoms with E-state index in [1.54, 1.807) is 12.1 Å². The van der Waals surface area contributed by atoms with Crippen molar-refractivity contribution in [3.63, 3.8) is 0 Å². The van der Waals surface area contributed by atoms with Crippen LogP contribution >= 0.6 is 11.5 Å². The number of aliphatic imine (C=N–C) groups is 1. The Labute approximate surface area is 178 Å². The van der Waals surface area contributed by atoms with Crippen LogP contribution in [-0.4, -0.2) is 16.3 Å². The van der Waals surface area contributed by atoms with Crippen LogP contribution in [0.1, 0.15) is 25.0 Å². The highest BCUT2D eigenvalue weighted by atomic mass is 32.1. The molecule has 3 rings (SSSR count). The number of halogens is 4.